The van der Waals surface area contributed by atoms with Crippen LogP contribution in [0.3, 0.4) is 0 Å². The van der Waals surface area contributed by atoms with Crippen molar-refractivity contribution in [3.8, 4) is 5.75 Å². The quantitative estimate of drug-likeness (QED) is 0.877. The van der Waals surface area contributed by atoms with Crippen LogP contribution in [0.5, 0.6) is 5.75 Å². The summed E-state index contributed by atoms with van der Waals surface area (Å²) in [5.41, 5.74) is 6.35. The first-order valence-electron chi connectivity index (χ1n) is 7.09. The number of carboxylic acid groups (broad SMARTS) is 1. The van der Waals surface area contributed by atoms with E-state index < -0.39 is 5.97 Å². The summed E-state index contributed by atoms with van der Waals surface area (Å²) in [6, 6.07) is 4.81. The highest BCUT2D eigenvalue weighted by molar-refractivity contribution is 6.00. The van der Waals surface area contributed by atoms with Crippen LogP contribution >= 0.6 is 0 Å². The van der Waals surface area contributed by atoms with Crippen molar-refractivity contribution >= 4 is 17.6 Å². The van der Waals surface area contributed by atoms with Gasteiger partial charge in [0.25, 0.3) is 0 Å². The van der Waals surface area contributed by atoms with Gasteiger partial charge in [-0.3, -0.25) is 4.79 Å². The molecule has 6 nitrogen and oxygen atoms in total. The van der Waals surface area contributed by atoms with Crippen LogP contribution in [0.15, 0.2) is 18.2 Å². The molecule has 0 saturated heterocycles. The Morgan fingerprint density at radius 3 is 2.76 bits per heavy atom. The highest BCUT2D eigenvalue weighted by atomic mass is 16.5. The van der Waals surface area contributed by atoms with Gasteiger partial charge in [0, 0.05) is 12.0 Å². The molecule has 1 saturated carbocycles. The van der Waals surface area contributed by atoms with E-state index in [1.165, 1.54) is 6.07 Å². The second-order valence-corrected chi connectivity index (χ2v) is 5.75. The minimum atomic E-state index is -1.06. The number of hydrogen-bond acceptors (Lipinski definition) is 4. The van der Waals surface area contributed by atoms with Gasteiger partial charge in [-0.1, -0.05) is 6.07 Å². The lowest BCUT2D eigenvalue weighted by Crippen LogP contribution is -2.51. The van der Waals surface area contributed by atoms with E-state index in [9.17, 15) is 14.7 Å². The molecule has 0 unspecified atom stereocenters. The number of fused-ring (bicyclic) bond motifs is 1. The molecule has 3 rings (SSSR count). The Balaban J connectivity index is 1.88. The predicted octanol–water partition coefficient (Wildman–Crippen LogP) is 1.38. The summed E-state index contributed by atoms with van der Waals surface area (Å²) in [5.74, 6) is -0.857. The molecule has 0 aromatic heterocycles. The van der Waals surface area contributed by atoms with E-state index >= 15 is 0 Å². The molecule has 21 heavy (non-hydrogen) atoms. The summed E-state index contributed by atoms with van der Waals surface area (Å²) in [6.45, 7) is 0.714. The van der Waals surface area contributed by atoms with E-state index in [1.54, 1.807) is 17.0 Å². The minimum Gasteiger partial charge on any atom is -0.489 e. The zero-order valence-corrected chi connectivity index (χ0v) is 11.7. The normalized spacial score (nSPS) is 19.2. The maximum Gasteiger partial charge on any atom is 0.339 e. The van der Waals surface area contributed by atoms with Crippen molar-refractivity contribution in [1.29, 1.82) is 0 Å². The van der Waals surface area contributed by atoms with Gasteiger partial charge in [0.15, 0.2) is 5.75 Å². The molecular formula is C15H18N2O4. The lowest BCUT2D eigenvalue weighted by Gasteiger charge is -2.39. The van der Waals surface area contributed by atoms with Gasteiger partial charge < -0.3 is 20.5 Å². The van der Waals surface area contributed by atoms with Crippen LogP contribution in [0, 0.1) is 0 Å². The molecule has 3 N–H and O–H groups in total. The molecule has 6 heteroatoms. The van der Waals surface area contributed by atoms with Crippen LogP contribution in [0.2, 0.25) is 0 Å². The second kappa shape index (κ2) is 5.04. The first kappa shape index (κ1) is 13.9. The van der Waals surface area contributed by atoms with Crippen molar-refractivity contribution in [3.63, 3.8) is 0 Å². The average molecular weight is 290 g/mol. The van der Waals surface area contributed by atoms with E-state index in [4.69, 9.17) is 10.5 Å². The molecule has 112 valence electrons. The Morgan fingerprint density at radius 2 is 2.14 bits per heavy atom. The summed E-state index contributed by atoms with van der Waals surface area (Å²) in [6.07, 6.45) is 3.09. The fraction of sp³-hybridized carbons (Fsp3) is 0.467. The summed E-state index contributed by atoms with van der Waals surface area (Å²) in [7, 11) is 0. The number of para-hydroxylation sites is 1. The second-order valence-electron chi connectivity index (χ2n) is 5.75. The molecule has 1 heterocycles. The molecule has 0 bridgehead atoms. The molecule has 0 atom stereocenters. The monoisotopic (exact) mass is 290 g/mol. The predicted molar refractivity (Wildman–Crippen MR) is 76.6 cm³/mol. The van der Waals surface area contributed by atoms with Crippen LogP contribution in [0.1, 0.15) is 36.0 Å². The topological polar surface area (TPSA) is 92.9 Å². The van der Waals surface area contributed by atoms with Crippen LogP contribution in [0.25, 0.3) is 0 Å². The number of benzene rings is 1. The zero-order chi connectivity index (χ0) is 15.0. The molecule has 0 radical (unpaired) electrons. The SMILES string of the molecule is NC1(CC(=O)N2CCOc3c(C(=O)O)cccc32)CCC1. The number of anilines is 1. The van der Waals surface area contributed by atoms with E-state index in [-0.39, 0.29) is 22.8 Å². The lowest BCUT2D eigenvalue weighted by atomic mass is 9.75. The standard InChI is InChI=1S/C15H18N2O4/c16-15(5-2-6-15)9-12(18)17-7-8-21-13-10(14(19)20)3-1-4-11(13)17/h1,3-4H,2,5-9,16H2,(H,19,20). The summed E-state index contributed by atoms with van der Waals surface area (Å²) in [4.78, 5) is 25.3. The highest BCUT2D eigenvalue weighted by Gasteiger charge is 2.37. The van der Waals surface area contributed by atoms with E-state index in [0.717, 1.165) is 19.3 Å². The summed E-state index contributed by atoms with van der Waals surface area (Å²) >= 11 is 0. The number of carbonyl (C=O) groups is 2. The van der Waals surface area contributed by atoms with Gasteiger partial charge in [-0.25, -0.2) is 4.79 Å². The maximum atomic E-state index is 12.5. The third kappa shape index (κ3) is 2.47. The maximum absolute atomic E-state index is 12.5. The number of carboxylic acids is 1. The van der Waals surface area contributed by atoms with Crippen LogP contribution in [-0.2, 0) is 4.79 Å². The molecule has 0 spiro atoms. The Labute approximate surface area is 122 Å². The molecule has 1 amide bonds. The van der Waals surface area contributed by atoms with Gasteiger partial charge in [0.2, 0.25) is 5.91 Å². The number of rotatable bonds is 3. The molecular weight excluding hydrogens is 272 g/mol. The van der Waals surface area contributed by atoms with Crippen molar-refractivity contribution in [2.45, 2.75) is 31.2 Å². The Hall–Kier alpha value is -2.08. The third-order valence-electron chi connectivity index (χ3n) is 4.23. The number of carbonyl (C=O) groups excluding carboxylic acids is 1. The molecule has 1 aromatic carbocycles. The van der Waals surface area contributed by atoms with Crippen LogP contribution < -0.4 is 15.4 Å². The number of amides is 1. The van der Waals surface area contributed by atoms with E-state index in [0.29, 0.717) is 25.3 Å². The smallest absolute Gasteiger partial charge is 0.339 e. The molecule has 1 aliphatic carbocycles. The first-order valence-corrected chi connectivity index (χ1v) is 7.09. The number of nitrogens with zero attached hydrogens (tertiary/aromatic N) is 1. The van der Waals surface area contributed by atoms with Gasteiger partial charge in [-0.2, -0.15) is 0 Å². The van der Waals surface area contributed by atoms with Gasteiger partial charge in [-0.15, -0.1) is 0 Å². The van der Waals surface area contributed by atoms with Crippen LogP contribution in [0.4, 0.5) is 5.69 Å². The van der Waals surface area contributed by atoms with Gasteiger partial charge in [0.05, 0.1) is 12.2 Å². The Kier molecular flexibility index (Phi) is 3.33. The highest BCUT2D eigenvalue weighted by Crippen LogP contribution is 2.37. The van der Waals surface area contributed by atoms with Gasteiger partial charge in [0.1, 0.15) is 12.2 Å². The Morgan fingerprint density at radius 1 is 1.38 bits per heavy atom. The Bertz CT molecular complexity index is 595. The van der Waals surface area contributed by atoms with Crippen molar-refractivity contribution in [3.05, 3.63) is 23.8 Å². The number of hydrogen-bond donors (Lipinski definition) is 2. The van der Waals surface area contributed by atoms with Crippen molar-refractivity contribution < 1.29 is 19.4 Å². The van der Waals surface area contributed by atoms with Crippen molar-refractivity contribution in [1.82, 2.24) is 0 Å². The van der Waals surface area contributed by atoms with E-state index in [2.05, 4.69) is 0 Å². The third-order valence-corrected chi connectivity index (χ3v) is 4.23. The van der Waals surface area contributed by atoms with Crippen molar-refractivity contribution in [2.75, 3.05) is 18.1 Å². The molecule has 1 aliphatic heterocycles. The lowest BCUT2D eigenvalue weighted by molar-refractivity contribution is -0.120. The van der Waals surface area contributed by atoms with E-state index in [1.807, 2.05) is 0 Å². The largest absolute Gasteiger partial charge is 0.489 e. The zero-order valence-electron chi connectivity index (χ0n) is 11.7. The number of nitrogens with two attached hydrogens (primary N) is 1. The molecule has 1 aromatic rings. The summed E-state index contributed by atoms with van der Waals surface area (Å²) in [5, 5.41) is 9.20. The fourth-order valence-corrected chi connectivity index (χ4v) is 2.88. The average Bonchev–Trinajstić information content (AvgIpc) is 2.44. The number of aromatic carboxylic acids is 1. The first-order chi connectivity index (χ1) is 10.0. The van der Waals surface area contributed by atoms with Gasteiger partial charge >= 0.3 is 5.97 Å². The van der Waals surface area contributed by atoms with Crippen LogP contribution in [-0.4, -0.2) is 35.7 Å². The number of ether oxygens (including phenoxy) is 1. The molecule has 1 fully saturated rings. The molecule has 2 aliphatic rings. The fourth-order valence-electron chi connectivity index (χ4n) is 2.88. The summed E-state index contributed by atoms with van der Waals surface area (Å²) < 4.78 is 5.46. The minimum absolute atomic E-state index is 0.0655. The van der Waals surface area contributed by atoms with Crippen molar-refractivity contribution in [2.24, 2.45) is 5.73 Å². The van der Waals surface area contributed by atoms with Gasteiger partial charge in [-0.05, 0) is 31.4 Å².